The van der Waals surface area contributed by atoms with Gasteiger partial charge in [-0.1, -0.05) is 0 Å². The molecule has 5 nitrogen and oxygen atoms in total. The number of hydrogen-bond acceptors (Lipinski definition) is 4. The Morgan fingerprint density at radius 1 is 1.42 bits per heavy atom. The lowest BCUT2D eigenvalue weighted by Crippen LogP contribution is -2.35. The SMILES string of the molecule is CNC(=O)CNC(=O)c1sc2ccc(F)cc2c1N. The number of benzene rings is 1. The van der Waals surface area contributed by atoms with Crippen molar-refractivity contribution in [3.05, 3.63) is 28.9 Å². The molecule has 0 aliphatic heterocycles. The minimum absolute atomic E-state index is 0.128. The summed E-state index contributed by atoms with van der Waals surface area (Å²) in [6, 6.07) is 4.17. The van der Waals surface area contributed by atoms with Crippen LogP contribution in [-0.4, -0.2) is 25.4 Å². The summed E-state index contributed by atoms with van der Waals surface area (Å²) in [5, 5.41) is 5.35. The molecule has 2 rings (SSSR count). The summed E-state index contributed by atoms with van der Waals surface area (Å²) in [5.74, 6) is -1.16. The summed E-state index contributed by atoms with van der Waals surface area (Å²) in [5.41, 5.74) is 6.06. The number of carbonyl (C=O) groups excluding carboxylic acids is 2. The van der Waals surface area contributed by atoms with Crippen LogP contribution in [0.25, 0.3) is 10.1 Å². The van der Waals surface area contributed by atoms with Crippen molar-refractivity contribution in [2.24, 2.45) is 0 Å². The number of amides is 2. The number of halogens is 1. The van der Waals surface area contributed by atoms with Gasteiger partial charge in [0.25, 0.3) is 5.91 Å². The van der Waals surface area contributed by atoms with Gasteiger partial charge in [-0.25, -0.2) is 4.39 Å². The Hall–Kier alpha value is -2.15. The maximum atomic E-state index is 13.1. The predicted octanol–water partition coefficient (Wildman–Crippen LogP) is 1.10. The summed E-state index contributed by atoms with van der Waals surface area (Å²) in [6.07, 6.45) is 0. The number of hydrogen-bond donors (Lipinski definition) is 3. The standard InChI is InChI=1S/C12H12FN3O2S/c1-15-9(17)5-16-12(18)11-10(14)7-4-6(13)2-3-8(7)19-11/h2-4H,5,14H2,1H3,(H,15,17)(H,16,18). The average molecular weight is 281 g/mol. The van der Waals surface area contributed by atoms with Gasteiger partial charge in [0.15, 0.2) is 0 Å². The van der Waals surface area contributed by atoms with Crippen molar-refractivity contribution in [1.29, 1.82) is 0 Å². The first-order valence-corrected chi connectivity index (χ1v) is 6.31. The molecule has 0 spiro atoms. The second-order valence-corrected chi connectivity index (χ2v) is 4.89. The van der Waals surface area contributed by atoms with E-state index in [-0.39, 0.29) is 23.0 Å². The zero-order valence-corrected chi connectivity index (χ0v) is 10.9. The molecule has 100 valence electrons. The van der Waals surface area contributed by atoms with E-state index in [2.05, 4.69) is 10.6 Å². The number of nitrogens with one attached hydrogen (secondary N) is 2. The molecule has 19 heavy (non-hydrogen) atoms. The van der Waals surface area contributed by atoms with Crippen LogP contribution < -0.4 is 16.4 Å². The van der Waals surface area contributed by atoms with Crippen LogP contribution in [-0.2, 0) is 4.79 Å². The molecule has 0 radical (unpaired) electrons. The normalized spacial score (nSPS) is 10.4. The van der Waals surface area contributed by atoms with Crippen LogP contribution in [0.5, 0.6) is 0 Å². The Morgan fingerprint density at radius 2 is 2.16 bits per heavy atom. The van der Waals surface area contributed by atoms with Crippen LogP contribution in [0.2, 0.25) is 0 Å². The van der Waals surface area contributed by atoms with Crippen LogP contribution in [0.1, 0.15) is 9.67 Å². The molecule has 0 bridgehead atoms. The quantitative estimate of drug-likeness (QED) is 0.787. The van der Waals surface area contributed by atoms with E-state index in [0.29, 0.717) is 5.39 Å². The van der Waals surface area contributed by atoms with Gasteiger partial charge in [-0.2, -0.15) is 0 Å². The molecule has 4 N–H and O–H groups in total. The first-order chi connectivity index (χ1) is 9.02. The molecule has 0 unspecified atom stereocenters. The van der Waals surface area contributed by atoms with Crippen molar-refractivity contribution < 1.29 is 14.0 Å². The van der Waals surface area contributed by atoms with E-state index < -0.39 is 11.7 Å². The zero-order chi connectivity index (χ0) is 14.0. The largest absolute Gasteiger partial charge is 0.397 e. The fourth-order valence-corrected chi connectivity index (χ4v) is 2.61. The van der Waals surface area contributed by atoms with Crippen molar-refractivity contribution in [3.8, 4) is 0 Å². The highest BCUT2D eigenvalue weighted by atomic mass is 32.1. The van der Waals surface area contributed by atoms with E-state index in [1.807, 2.05) is 0 Å². The third-order valence-corrected chi connectivity index (χ3v) is 3.77. The number of nitrogens with two attached hydrogens (primary N) is 1. The third-order valence-electron chi connectivity index (χ3n) is 2.58. The Morgan fingerprint density at radius 3 is 2.84 bits per heavy atom. The molecular weight excluding hydrogens is 269 g/mol. The lowest BCUT2D eigenvalue weighted by Gasteiger charge is -2.02. The molecule has 0 saturated carbocycles. The number of carbonyl (C=O) groups is 2. The Bertz CT molecular complexity index is 654. The summed E-state index contributed by atoms with van der Waals surface area (Å²) in [6.45, 7) is -0.128. The van der Waals surface area contributed by atoms with Crippen LogP contribution >= 0.6 is 11.3 Å². The van der Waals surface area contributed by atoms with E-state index in [9.17, 15) is 14.0 Å². The van der Waals surface area contributed by atoms with Gasteiger partial charge in [0, 0.05) is 17.1 Å². The molecule has 2 amide bonds. The molecule has 1 heterocycles. The molecule has 2 aromatic rings. The third kappa shape index (κ3) is 2.65. The highest BCUT2D eigenvalue weighted by molar-refractivity contribution is 7.21. The van der Waals surface area contributed by atoms with Gasteiger partial charge in [-0.3, -0.25) is 9.59 Å². The molecule has 0 atom stereocenters. The Labute approximate surface area is 112 Å². The summed E-state index contributed by atoms with van der Waals surface area (Å²) >= 11 is 1.16. The zero-order valence-electron chi connectivity index (χ0n) is 10.1. The van der Waals surface area contributed by atoms with Gasteiger partial charge >= 0.3 is 0 Å². The van der Waals surface area contributed by atoms with Crippen molar-refractivity contribution in [2.75, 3.05) is 19.3 Å². The van der Waals surface area contributed by atoms with Gasteiger partial charge < -0.3 is 16.4 Å². The maximum absolute atomic E-state index is 13.1. The number of rotatable bonds is 3. The smallest absolute Gasteiger partial charge is 0.263 e. The molecule has 1 aromatic heterocycles. The van der Waals surface area contributed by atoms with Crippen molar-refractivity contribution >= 4 is 38.9 Å². The maximum Gasteiger partial charge on any atom is 0.263 e. The number of nitrogen functional groups attached to an aromatic ring is 1. The van der Waals surface area contributed by atoms with E-state index in [1.54, 1.807) is 6.07 Å². The molecule has 0 aliphatic rings. The predicted molar refractivity (Wildman–Crippen MR) is 72.6 cm³/mol. The molecule has 0 fully saturated rings. The number of thiophene rings is 1. The molecular formula is C12H12FN3O2S. The Balaban J connectivity index is 2.27. The summed E-state index contributed by atoms with van der Waals surface area (Å²) in [7, 11) is 1.48. The van der Waals surface area contributed by atoms with Crippen LogP contribution in [0.4, 0.5) is 10.1 Å². The van der Waals surface area contributed by atoms with Crippen LogP contribution in [0, 0.1) is 5.82 Å². The van der Waals surface area contributed by atoms with Gasteiger partial charge in [0.1, 0.15) is 10.7 Å². The number of likely N-dealkylation sites (N-methyl/N-ethyl adjacent to an activating group) is 1. The van der Waals surface area contributed by atoms with Gasteiger partial charge in [-0.15, -0.1) is 11.3 Å². The minimum atomic E-state index is -0.442. The molecule has 0 aliphatic carbocycles. The number of fused-ring (bicyclic) bond motifs is 1. The topological polar surface area (TPSA) is 84.2 Å². The van der Waals surface area contributed by atoms with E-state index in [4.69, 9.17) is 5.73 Å². The average Bonchev–Trinajstić information content (AvgIpc) is 2.73. The lowest BCUT2D eigenvalue weighted by molar-refractivity contribution is -0.119. The first kappa shape index (κ1) is 13.3. The minimum Gasteiger partial charge on any atom is -0.397 e. The number of anilines is 1. The summed E-state index contributed by atoms with van der Waals surface area (Å²) < 4.78 is 13.8. The first-order valence-electron chi connectivity index (χ1n) is 5.49. The van der Waals surface area contributed by atoms with Gasteiger partial charge in [-0.05, 0) is 18.2 Å². The second kappa shape index (κ2) is 5.23. The van der Waals surface area contributed by atoms with Crippen molar-refractivity contribution in [2.45, 2.75) is 0 Å². The van der Waals surface area contributed by atoms with E-state index in [1.165, 1.54) is 19.2 Å². The van der Waals surface area contributed by atoms with Crippen LogP contribution in [0.3, 0.4) is 0 Å². The fourth-order valence-electron chi connectivity index (χ4n) is 1.59. The van der Waals surface area contributed by atoms with E-state index >= 15 is 0 Å². The van der Waals surface area contributed by atoms with Gasteiger partial charge in [0.05, 0.1) is 12.2 Å². The van der Waals surface area contributed by atoms with Crippen molar-refractivity contribution in [3.63, 3.8) is 0 Å². The highest BCUT2D eigenvalue weighted by Crippen LogP contribution is 2.33. The lowest BCUT2D eigenvalue weighted by atomic mass is 10.2. The second-order valence-electron chi connectivity index (χ2n) is 3.84. The van der Waals surface area contributed by atoms with E-state index in [0.717, 1.165) is 16.0 Å². The highest BCUT2D eigenvalue weighted by Gasteiger charge is 2.17. The molecule has 0 saturated heterocycles. The van der Waals surface area contributed by atoms with Crippen LogP contribution in [0.15, 0.2) is 18.2 Å². The summed E-state index contributed by atoms with van der Waals surface area (Å²) in [4.78, 5) is 23.2. The van der Waals surface area contributed by atoms with Crippen molar-refractivity contribution in [1.82, 2.24) is 10.6 Å². The monoisotopic (exact) mass is 281 g/mol. The Kier molecular flexibility index (Phi) is 3.66. The molecule has 1 aromatic carbocycles. The fraction of sp³-hybridized carbons (Fsp3) is 0.167. The molecule has 7 heteroatoms. The van der Waals surface area contributed by atoms with Gasteiger partial charge in [0.2, 0.25) is 5.91 Å².